The first kappa shape index (κ1) is 14.5. The molecule has 2 aliphatic rings. The topological polar surface area (TPSA) is 78.4 Å². The van der Waals surface area contributed by atoms with Crippen molar-refractivity contribution < 1.29 is 14.7 Å². The normalized spacial score (nSPS) is 27.8. The van der Waals surface area contributed by atoms with Crippen LogP contribution in [-0.4, -0.2) is 41.2 Å². The van der Waals surface area contributed by atoms with E-state index >= 15 is 0 Å². The molecule has 0 bridgehead atoms. The van der Waals surface area contributed by atoms with E-state index in [9.17, 15) is 9.59 Å². The average molecular weight is 286 g/mol. The number of hydrogen-bond donors (Lipinski definition) is 3. The molecule has 2 rings (SSSR count). The van der Waals surface area contributed by atoms with Gasteiger partial charge in [-0.2, -0.15) is 11.8 Å². The molecule has 0 aromatic rings. The van der Waals surface area contributed by atoms with Gasteiger partial charge in [0.25, 0.3) is 0 Å². The molecule has 0 heterocycles. The maximum Gasteiger partial charge on any atom is 0.314 e. The van der Waals surface area contributed by atoms with Gasteiger partial charge in [-0.3, -0.25) is 4.79 Å². The number of hydrogen-bond acceptors (Lipinski definition) is 3. The fourth-order valence-corrected chi connectivity index (χ4v) is 3.45. The molecular weight excluding hydrogens is 264 g/mol. The Labute approximate surface area is 117 Å². The predicted molar refractivity (Wildman–Crippen MR) is 75.3 cm³/mol. The van der Waals surface area contributed by atoms with Gasteiger partial charge in [0.2, 0.25) is 0 Å². The van der Waals surface area contributed by atoms with E-state index in [1.165, 1.54) is 0 Å². The Bertz CT molecular complexity index is 358. The molecule has 0 aromatic heterocycles. The van der Waals surface area contributed by atoms with Crippen molar-refractivity contribution in [3.05, 3.63) is 0 Å². The summed E-state index contributed by atoms with van der Waals surface area (Å²) < 4.78 is 0.258. The average Bonchev–Trinajstić information content (AvgIpc) is 3.02. The van der Waals surface area contributed by atoms with Crippen molar-refractivity contribution in [1.29, 1.82) is 0 Å². The molecule has 2 atom stereocenters. The van der Waals surface area contributed by atoms with Crippen LogP contribution in [0.2, 0.25) is 0 Å². The number of carbonyl (C=O) groups excluding carboxylic acids is 1. The number of aliphatic carboxylic acids is 1. The largest absolute Gasteiger partial charge is 0.481 e. The van der Waals surface area contributed by atoms with Crippen LogP contribution < -0.4 is 10.6 Å². The van der Waals surface area contributed by atoms with Gasteiger partial charge in [0.1, 0.15) is 0 Å². The fraction of sp³-hybridized carbons (Fsp3) is 0.846. The molecule has 2 aliphatic carbocycles. The van der Waals surface area contributed by atoms with Crippen molar-refractivity contribution in [1.82, 2.24) is 10.6 Å². The van der Waals surface area contributed by atoms with Gasteiger partial charge in [-0.15, -0.1) is 0 Å². The number of carbonyl (C=O) groups is 2. The zero-order valence-electron chi connectivity index (χ0n) is 11.3. The summed E-state index contributed by atoms with van der Waals surface area (Å²) in [6.45, 7) is 1.17. The van der Waals surface area contributed by atoms with Crippen molar-refractivity contribution in [2.24, 2.45) is 11.8 Å². The first-order valence-corrected chi connectivity index (χ1v) is 8.08. The molecule has 3 N–H and O–H groups in total. The number of carboxylic acids is 1. The lowest BCUT2D eigenvalue weighted by Crippen LogP contribution is -2.42. The Balaban J connectivity index is 1.67. The minimum absolute atomic E-state index is 0.0821. The first-order chi connectivity index (χ1) is 9.06. The second kappa shape index (κ2) is 6.03. The van der Waals surface area contributed by atoms with E-state index in [-0.39, 0.29) is 22.6 Å². The van der Waals surface area contributed by atoms with E-state index in [1.54, 1.807) is 0 Å². The highest BCUT2D eigenvalue weighted by atomic mass is 32.2. The number of amides is 2. The van der Waals surface area contributed by atoms with Crippen LogP contribution in [0.4, 0.5) is 4.79 Å². The minimum atomic E-state index is -0.732. The summed E-state index contributed by atoms with van der Waals surface area (Å²) in [4.78, 5) is 22.7. The Morgan fingerprint density at radius 3 is 2.63 bits per heavy atom. The van der Waals surface area contributed by atoms with E-state index in [2.05, 4.69) is 16.9 Å². The number of urea groups is 1. The summed E-state index contributed by atoms with van der Waals surface area (Å²) in [5, 5.41) is 14.8. The van der Waals surface area contributed by atoms with Gasteiger partial charge in [0.15, 0.2) is 0 Å². The van der Waals surface area contributed by atoms with E-state index in [4.69, 9.17) is 5.11 Å². The fourth-order valence-electron chi connectivity index (χ4n) is 2.73. The molecule has 2 unspecified atom stereocenters. The van der Waals surface area contributed by atoms with Gasteiger partial charge in [-0.05, 0) is 37.9 Å². The highest BCUT2D eigenvalue weighted by Gasteiger charge is 2.42. The van der Waals surface area contributed by atoms with Crippen LogP contribution >= 0.6 is 11.8 Å². The van der Waals surface area contributed by atoms with Crippen molar-refractivity contribution in [2.75, 3.05) is 19.3 Å². The van der Waals surface area contributed by atoms with Crippen LogP contribution in [0.5, 0.6) is 0 Å². The van der Waals surface area contributed by atoms with Gasteiger partial charge in [-0.1, -0.05) is 6.42 Å². The Kier molecular flexibility index (Phi) is 4.60. The minimum Gasteiger partial charge on any atom is -0.481 e. The number of nitrogens with one attached hydrogen (secondary N) is 2. The zero-order chi connectivity index (χ0) is 13.9. The highest BCUT2D eigenvalue weighted by Crippen LogP contribution is 2.46. The third-order valence-electron chi connectivity index (χ3n) is 4.31. The highest BCUT2D eigenvalue weighted by molar-refractivity contribution is 8.00. The van der Waals surface area contributed by atoms with Gasteiger partial charge in [0, 0.05) is 17.8 Å². The maximum absolute atomic E-state index is 11.7. The van der Waals surface area contributed by atoms with Gasteiger partial charge in [-0.25, -0.2) is 4.79 Å². The monoisotopic (exact) mass is 286 g/mol. The smallest absolute Gasteiger partial charge is 0.314 e. The van der Waals surface area contributed by atoms with Crippen LogP contribution in [0.1, 0.15) is 32.1 Å². The van der Waals surface area contributed by atoms with Gasteiger partial charge >= 0.3 is 12.0 Å². The van der Waals surface area contributed by atoms with Crippen LogP contribution in [0.15, 0.2) is 0 Å². The summed E-state index contributed by atoms with van der Waals surface area (Å²) >= 11 is 1.81. The summed E-state index contributed by atoms with van der Waals surface area (Å²) in [7, 11) is 0. The quantitative estimate of drug-likeness (QED) is 0.694. The first-order valence-electron chi connectivity index (χ1n) is 6.86. The van der Waals surface area contributed by atoms with Crippen molar-refractivity contribution in [3.8, 4) is 0 Å². The van der Waals surface area contributed by atoms with E-state index in [0.29, 0.717) is 13.1 Å². The van der Waals surface area contributed by atoms with Crippen molar-refractivity contribution >= 4 is 23.8 Å². The summed E-state index contributed by atoms with van der Waals surface area (Å²) in [6, 6.07) is -0.170. The van der Waals surface area contributed by atoms with Gasteiger partial charge in [0.05, 0.1) is 5.92 Å². The van der Waals surface area contributed by atoms with Crippen LogP contribution in [-0.2, 0) is 4.79 Å². The Hall–Kier alpha value is -0.910. The number of rotatable bonds is 6. The molecule has 108 valence electrons. The second-order valence-electron chi connectivity index (χ2n) is 5.59. The summed E-state index contributed by atoms with van der Waals surface area (Å²) in [5.74, 6) is -0.941. The van der Waals surface area contributed by atoms with Crippen LogP contribution in [0.3, 0.4) is 0 Å². The third-order valence-corrected chi connectivity index (χ3v) is 5.73. The lowest BCUT2D eigenvalue weighted by Gasteiger charge is -2.18. The molecule has 0 aromatic carbocycles. The number of thioether (sulfide) groups is 1. The van der Waals surface area contributed by atoms with E-state index in [1.807, 2.05) is 11.8 Å². The molecule has 19 heavy (non-hydrogen) atoms. The molecular formula is C13H22N2O3S. The molecule has 0 aliphatic heterocycles. The second-order valence-corrected chi connectivity index (χ2v) is 6.86. The van der Waals surface area contributed by atoms with E-state index in [0.717, 1.165) is 32.1 Å². The SMILES string of the molecule is CSC1(CNC(=O)NCC2CCCC2C(=O)O)CC1. The molecule has 0 radical (unpaired) electrons. The molecule has 2 saturated carbocycles. The molecule has 0 spiro atoms. The maximum atomic E-state index is 11.7. The number of carboxylic acid groups (broad SMARTS) is 1. The summed E-state index contributed by atoms with van der Waals surface area (Å²) in [5.41, 5.74) is 0. The third kappa shape index (κ3) is 3.78. The predicted octanol–water partition coefficient (Wildman–Crippen LogP) is 1.68. The summed E-state index contributed by atoms with van der Waals surface area (Å²) in [6.07, 6.45) is 6.98. The van der Waals surface area contributed by atoms with Crippen LogP contribution in [0.25, 0.3) is 0 Å². The molecule has 6 heteroatoms. The van der Waals surface area contributed by atoms with Crippen LogP contribution in [0, 0.1) is 11.8 Å². The Morgan fingerprint density at radius 1 is 1.32 bits per heavy atom. The van der Waals surface area contributed by atoms with Gasteiger partial charge < -0.3 is 15.7 Å². The van der Waals surface area contributed by atoms with E-state index < -0.39 is 5.97 Å². The molecule has 5 nitrogen and oxygen atoms in total. The lowest BCUT2D eigenvalue weighted by molar-refractivity contribution is -0.142. The van der Waals surface area contributed by atoms with Crippen molar-refractivity contribution in [2.45, 2.75) is 36.9 Å². The Morgan fingerprint density at radius 2 is 2.05 bits per heavy atom. The molecule has 2 amide bonds. The standard InChI is InChI=1S/C13H22N2O3S/c1-19-13(5-6-13)8-15-12(18)14-7-9-3-2-4-10(9)11(16)17/h9-10H,2-8H2,1H3,(H,16,17)(H2,14,15,18). The van der Waals surface area contributed by atoms with Crippen molar-refractivity contribution in [3.63, 3.8) is 0 Å². The molecule has 2 fully saturated rings. The lowest BCUT2D eigenvalue weighted by atomic mass is 9.96. The zero-order valence-corrected chi connectivity index (χ0v) is 12.1. The molecule has 0 saturated heterocycles.